The molecule has 1 N–H and O–H groups in total. The van der Waals surface area contributed by atoms with Gasteiger partial charge in [-0.25, -0.2) is 4.39 Å². The van der Waals surface area contributed by atoms with E-state index in [2.05, 4.69) is 15.5 Å². The first kappa shape index (κ1) is 11.3. The molecule has 0 aliphatic heterocycles. The molecule has 2 rings (SSSR count). The highest BCUT2D eigenvalue weighted by atomic mass is 19.1. The predicted molar refractivity (Wildman–Crippen MR) is 60.1 cm³/mol. The van der Waals surface area contributed by atoms with Crippen molar-refractivity contribution in [3.05, 3.63) is 41.5 Å². The Morgan fingerprint density at radius 3 is 2.88 bits per heavy atom. The summed E-state index contributed by atoms with van der Waals surface area (Å²) < 4.78 is 15.2. The maximum Gasteiger partial charge on any atom is 0.260 e. The van der Waals surface area contributed by atoms with Crippen LogP contribution in [0.25, 0.3) is 0 Å². The first-order valence-electron chi connectivity index (χ1n) is 5.00. The van der Waals surface area contributed by atoms with Gasteiger partial charge in [0.15, 0.2) is 0 Å². The van der Waals surface area contributed by atoms with Crippen molar-refractivity contribution in [1.29, 1.82) is 0 Å². The molecule has 0 aliphatic rings. The molecule has 0 unspecified atom stereocenters. The lowest BCUT2D eigenvalue weighted by atomic mass is 10.1. The van der Waals surface area contributed by atoms with Crippen LogP contribution in [0.1, 0.15) is 15.9 Å². The van der Waals surface area contributed by atoms with Gasteiger partial charge in [0, 0.05) is 7.05 Å². The summed E-state index contributed by atoms with van der Waals surface area (Å²) in [5, 5.41) is 9.79. The van der Waals surface area contributed by atoms with E-state index in [1.165, 1.54) is 17.0 Å². The van der Waals surface area contributed by atoms with Gasteiger partial charge in [0.05, 0.1) is 5.56 Å². The fraction of sp³-hybridized carbons (Fsp3) is 0.182. The molecule has 1 aromatic carbocycles. The number of benzene rings is 1. The number of amides is 1. The summed E-state index contributed by atoms with van der Waals surface area (Å²) in [5.74, 6) is -0.787. The SMILES string of the molecule is Cc1cccc(C(=O)Nc2nncn2C)c1F. The molecule has 0 fully saturated rings. The maximum absolute atomic E-state index is 13.7. The number of nitrogens with one attached hydrogen (secondary N) is 1. The largest absolute Gasteiger partial charge is 0.303 e. The Labute approximate surface area is 97.3 Å². The fourth-order valence-electron chi connectivity index (χ4n) is 1.39. The van der Waals surface area contributed by atoms with Crippen LogP contribution in [0.5, 0.6) is 0 Å². The first-order valence-corrected chi connectivity index (χ1v) is 5.00. The molecule has 0 aliphatic carbocycles. The number of rotatable bonds is 2. The van der Waals surface area contributed by atoms with Crippen LogP contribution in [-0.2, 0) is 7.05 Å². The van der Waals surface area contributed by atoms with Crippen molar-refractivity contribution in [1.82, 2.24) is 14.8 Å². The molecule has 17 heavy (non-hydrogen) atoms. The Morgan fingerprint density at radius 1 is 1.47 bits per heavy atom. The van der Waals surface area contributed by atoms with Crippen LogP contribution in [0, 0.1) is 12.7 Å². The van der Waals surface area contributed by atoms with Crippen LogP contribution in [0.3, 0.4) is 0 Å². The van der Waals surface area contributed by atoms with Gasteiger partial charge in [-0.05, 0) is 18.6 Å². The molecule has 0 saturated heterocycles. The normalized spacial score (nSPS) is 10.3. The summed E-state index contributed by atoms with van der Waals surface area (Å²) in [6.07, 6.45) is 1.45. The van der Waals surface area contributed by atoms with E-state index in [1.54, 1.807) is 26.1 Å². The van der Waals surface area contributed by atoms with E-state index in [0.717, 1.165) is 0 Å². The number of aryl methyl sites for hydroxylation is 2. The van der Waals surface area contributed by atoms with Gasteiger partial charge >= 0.3 is 0 Å². The van der Waals surface area contributed by atoms with Crippen molar-refractivity contribution in [2.75, 3.05) is 5.32 Å². The van der Waals surface area contributed by atoms with Crippen molar-refractivity contribution in [2.45, 2.75) is 6.92 Å². The zero-order chi connectivity index (χ0) is 12.4. The molecule has 0 atom stereocenters. The zero-order valence-electron chi connectivity index (χ0n) is 9.44. The average molecular weight is 234 g/mol. The van der Waals surface area contributed by atoms with Crippen LogP contribution in [0.2, 0.25) is 0 Å². The number of hydrogen-bond acceptors (Lipinski definition) is 3. The molecule has 5 nitrogen and oxygen atoms in total. The molecule has 0 spiro atoms. The summed E-state index contributed by atoms with van der Waals surface area (Å²) in [6, 6.07) is 4.66. The number of nitrogens with zero attached hydrogens (tertiary/aromatic N) is 3. The molecule has 6 heteroatoms. The van der Waals surface area contributed by atoms with E-state index in [0.29, 0.717) is 5.56 Å². The molecular formula is C11H11FN4O. The van der Waals surface area contributed by atoms with Crippen molar-refractivity contribution >= 4 is 11.9 Å². The van der Waals surface area contributed by atoms with E-state index in [9.17, 15) is 9.18 Å². The lowest BCUT2D eigenvalue weighted by Gasteiger charge is -2.06. The van der Waals surface area contributed by atoms with Gasteiger partial charge in [-0.3, -0.25) is 10.1 Å². The monoisotopic (exact) mass is 234 g/mol. The average Bonchev–Trinajstić information content (AvgIpc) is 2.68. The van der Waals surface area contributed by atoms with Gasteiger partial charge in [-0.1, -0.05) is 12.1 Å². The lowest BCUT2D eigenvalue weighted by molar-refractivity contribution is 0.102. The summed E-state index contributed by atoms with van der Waals surface area (Å²) >= 11 is 0. The van der Waals surface area contributed by atoms with Gasteiger partial charge < -0.3 is 4.57 Å². The Morgan fingerprint density at radius 2 is 2.24 bits per heavy atom. The Hall–Kier alpha value is -2.24. The summed E-state index contributed by atoms with van der Waals surface area (Å²) in [6.45, 7) is 1.61. The van der Waals surface area contributed by atoms with E-state index in [1.807, 2.05) is 0 Å². The molecule has 88 valence electrons. The quantitative estimate of drug-likeness (QED) is 0.856. The van der Waals surface area contributed by atoms with E-state index >= 15 is 0 Å². The number of carbonyl (C=O) groups excluding carboxylic acids is 1. The Balaban J connectivity index is 2.27. The number of halogens is 1. The Bertz CT molecular complexity index is 564. The van der Waals surface area contributed by atoms with E-state index in [-0.39, 0.29) is 11.5 Å². The predicted octanol–water partition coefficient (Wildman–Crippen LogP) is 1.51. The van der Waals surface area contributed by atoms with E-state index < -0.39 is 11.7 Å². The molecule has 0 bridgehead atoms. The summed E-state index contributed by atoms with van der Waals surface area (Å²) in [7, 11) is 1.68. The second kappa shape index (κ2) is 4.32. The lowest BCUT2D eigenvalue weighted by Crippen LogP contribution is -2.16. The third-order valence-electron chi connectivity index (χ3n) is 2.37. The van der Waals surface area contributed by atoms with Crippen LogP contribution in [0.4, 0.5) is 10.3 Å². The second-order valence-electron chi connectivity index (χ2n) is 3.66. The number of aromatic nitrogens is 3. The van der Waals surface area contributed by atoms with Crippen molar-refractivity contribution in [3.63, 3.8) is 0 Å². The topological polar surface area (TPSA) is 59.8 Å². The Kier molecular flexibility index (Phi) is 2.86. The molecule has 0 radical (unpaired) electrons. The van der Waals surface area contributed by atoms with Gasteiger partial charge in [0.25, 0.3) is 5.91 Å². The van der Waals surface area contributed by atoms with Crippen molar-refractivity contribution in [3.8, 4) is 0 Å². The highest BCUT2D eigenvalue weighted by Crippen LogP contribution is 2.13. The van der Waals surface area contributed by atoms with Crippen molar-refractivity contribution < 1.29 is 9.18 Å². The number of hydrogen-bond donors (Lipinski definition) is 1. The second-order valence-corrected chi connectivity index (χ2v) is 3.66. The van der Waals surface area contributed by atoms with Gasteiger partial charge in [0.2, 0.25) is 5.95 Å². The molecule has 1 heterocycles. The summed E-state index contributed by atoms with van der Waals surface area (Å²) in [5.41, 5.74) is 0.420. The van der Waals surface area contributed by atoms with E-state index in [4.69, 9.17) is 0 Å². The fourth-order valence-corrected chi connectivity index (χ4v) is 1.39. The third kappa shape index (κ3) is 2.15. The van der Waals surface area contributed by atoms with Crippen molar-refractivity contribution in [2.24, 2.45) is 7.05 Å². The third-order valence-corrected chi connectivity index (χ3v) is 2.37. The van der Waals surface area contributed by atoms with Crippen LogP contribution in [-0.4, -0.2) is 20.7 Å². The first-order chi connectivity index (χ1) is 8.09. The molecular weight excluding hydrogens is 223 g/mol. The van der Waals surface area contributed by atoms with Gasteiger partial charge in [-0.2, -0.15) is 0 Å². The number of anilines is 1. The molecule has 0 saturated carbocycles. The minimum absolute atomic E-state index is 0.00648. The minimum atomic E-state index is -0.540. The van der Waals surface area contributed by atoms with Gasteiger partial charge in [0.1, 0.15) is 12.1 Å². The van der Waals surface area contributed by atoms with Crippen LogP contribution < -0.4 is 5.32 Å². The van der Waals surface area contributed by atoms with Crippen LogP contribution in [0.15, 0.2) is 24.5 Å². The summed E-state index contributed by atoms with van der Waals surface area (Å²) in [4.78, 5) is 11.8. The highest BCUT2D eigenvalue weighted by molar-refractivity contribution is 6.03. The number of carbonyl (C=O) groups is 1. The minimum Gasteiger partial charge on any atom is -0.303 e. The standard InChI is InChI=1S/C11H11FN4O/c1-7-4-3-5-8(9(7)12)10(17)14-11-15-13-6-16(11)2/h3-6H,1-2H3,(H,14,15,17). The maximum atomic E-state index is 13.7. The van der Waals surface area contributed by atoms with Gasteiger partial charge in [-0.15, -0.1) is 10.2 Å². The molecule has 1 amide bonds. The molecule has 2 aromatic rings. The highest BCUT2D eigenvalue weighted by Gasteiger charge is 2.14. The zero-order valence-corrected chi connectivity index (χ0v) is 9.44. The van der Waals surface area contributed by atoms with Crippen LogP contribution >= 0.6 is 0 Å². The molecule has 1 aromatic heterocycles. The smallest absolute Gasteiger partial charge is 0.260 e.